The van der Waals surface area contributed by atoms with Gasteiger partial charge >= 0.3 is 0 Å². The van der Waals surface area contributed by atoms with E-state index in [-0.39, 0.29) is 6.10 Å². The summed E-state index contributed by atoms with van der Waals surface area (Å²) in [5.74, 6) is 2.27. The van der Waals surface area contributed by atoms with E-state index in [0.29, 0.717) is 19.1 Å². The molecule has 0 aliphatic heterocycles. The van der Waals surface area contributed by atoms with Gasteiger partial charge in [-0.15, -0.1) is 11.8 Å². The van der Waals surface area contributed by atoms with Crippen LogP contribution in [-0.4, -0.2) is 25.1 Å². The first-order valence-electron chi connectivity index (χ1n) is 8.31. The van der Waals surface area contributed by atoms with Crippen LogP contribution in [0.4, 0.5) is 0 Å². The van der Waals surface area contributed by atoms with Crippen molar-refractivity contribution in [3.63, 3.8) is 0 Å². The highest BCUT2D eigenvalue weighted by molar-refractivity contribution is 7.99. The molecule has 130 valence electrons. The fourth-order valence-electron chi connectivity index (χ4n) is 2.24. The molecule has 2 nitrogen and oxygen atoms in total. The van der Waals surface area contributed by atoms with Gasteiger partial charge in [-0.1, -0.05) is 37.6 Å². The zero-order chi connectivity index (χ0) is 17.4. The Morgan fingerprint density at radius 2 is 1.67 bits per heavy atom. The van der Waals surface area contributed by atoms with Crippen LogP contribution in [0, 0.1) is 0 Å². The summed E-state index contributed by atoms with van der Waals surface area (Å²) < 4.78 is 11.7. The van der Waals surface area contributed by atoms with E-state index in [1.807, 2.05) is 43.3 Å². The van der Waals surface area contributed by atoms with Crippen LogP contribution in [0.1, 0.15) is 32.3 Å². The van der Waals surface area contributed by atoms with Gasteiger partial charge in [-0.3, -0.25) is 0 Å². The lowest BCUT2D eigenvalue weighted by Crippen LogP contribution is -2.24. The van der Waals surface area contributed by atoms with Gasteiger partial charge in [-0.2, -0.15) is 0 Å². The molecule has 0 aliphatic carbocycles. The molecule has 4 heteroatoms. The molecule has 2 aromatic rings. The summed E-state index contributed by atoms with van der Waals surface area (Å²) in [6.45, 7) is 7.62. The van der Waals surface area contributed by atoms with Crippen molar-refractivity contribution >= 4 is 23.4 Å². The molecule has 0 amide bonds. The largest absolute Gasteiger partial charge is 0.491 e. The summed E-state index contributed by atoms with van der Waals surface area (Å²) in [5.41, 5.74) is 1.32. The molecule has 0 aliphatic rings. The van der Waals surface area contributed by atoms with E-state index in [1.54, 1.807) is 11.8 Å². The Morgan fingerprint density at radius 3 is 2.25 bits per heavy atom. The molecule has 0 radical (unpaired) electrons. The van der Waals surface area contributed by atoms with E-state index < -0.39 is 0 Å². The predicted octanol–water partition coefficient (Wildman–Crippen LogP) is 6.04. The number of thioether (sulfide) groups is 1. The Balaban J connectivity index is 1.84. The maximum Gasteiger partial charge on any atom is 0.119 e. The minimum Gasteiger partial charge on any atom is -0.491 e. The van der Waals surface area contributed by atoms with Gasteiger partial charge < -0.3 is 9.47 Å². The second-order valence-electron chi connectivity index (χ2n) is 5.88. The van der Waals surface area contributed by atoms with Crippen molar-refractivity contribution in [1.82, 2.24) is 0 Å². The highest BCUT2D eigenvalue weighted by Gasteiger charge is 2.11. The predicted molar refractivity (Wildman–Crippen MR) is 104 cm³/mol. The Morgan fingerprint density at radius 1 is 1.00 bits per heavy atom. The summed E-state index contributed by atoms with van der Waals surface area (Å²) in [6.07, 6.45) is 0.0560. The number of benzene rings is 2. The lowest BCUT2D eigenvalue weighted by atomic mass is 10.0. The normalized spacial score (nSPS) is 12.4. The van der Waals surface area contributed by atoms with Crippen LogP contribution in [0.15, 0.2) is 53.4 Å². The van der Waals surface area contributed by atoms with E-state index in [9.17, 15) is 0 Å². The monoisotopic (exact) mass is 364 g/mol. The van der Waals surface area contributed by atoms with Crippen LogP contribution in [0.5, 0.6) is 5.75 Å². The fourth-order valence-corrected chi connectivity index (χ4v) is 3.26. The fraction of sp³-hybridized carbons (Fsp3) is 0.400. The van der Waals surface area contributed by atoms with E-state index in [2.05, 4.69) is 26.0 Å². The van der Waals surface area contributed by atoms with Crippen LogP contribution >= 0.6 is 23.4 Å². The molecule has 0 fully saturated rings. The Bertz CT molecular complexity index is 596. The highest BCUT2D eigenvalue weighted by atomic mass is 35.5. The van der Waals surface area contributed by atoms with Crippen molar-refractivity contribution in [2.75, 3.05) is 19.0 Å². The molecular formula is C20H25ClO2S. The van der Waals surface area contributed by atoms with Gasteiger partial charge in [0.05, 0.1) is 0 Å². The molecular weight excluding hydrogens is 340 g/mol. The van der Waals surface area contributed by atoms with Crippen molar-refractivity contribution in [1.29, 1.82) is 0 Å². The topological polar surface area (TPSA) is 18.5 Å². The standard InChI is InChI=1S/C20H25ClO2S/c1-4-22-19(14-24-20-11-7-17(21)8-12-20)13-23-18-9-5-16(6-10-18)15(2)3/h5-12,15,19H,4,13-14H2,1-3H3. The number of ether oxygens (including phenoxy) is 2. The van der Waals surface area contributed by atoms with Gasteiger partial charge in [-0.25, -0.2) is 0 Å². The molecule has 1 unspecified atom stereocenters. The minimum absolute atomic E-state index is 0.0560. The van der Waals surface area contributed by atoms with Crippen LogP contribution in [0.3, 0.4) is 0 Å². The second kappa shape index (κ2) is 9.97. The average molecular weight is 365 g/mol. The molecule has 0 saturated carbocycles. The van der Waals surface area contributed by atoms with Crippen LogP contribution in [0.25, 0.3) is 0 Å². The van der Waals surface area contributed by atoms with E-state index in [1.165, 1.54) is 10.5 Å². The van der Waals surface area contributed by atoms with Gasteiger partial charge in [-0.05, 0) is 54.8 Å². The Labute approximate surface area is 154 Å². The highest BCUT2D eigenvalue weighted by Crippen LogP contribution is 2.23. The van der Waals surface area contributed by atoms with Crippen molar-refractivity contribution in [3.05, 3.63) is 59.1 Å². The second-order valence-corrected chi connectivity index (χ2v) is 7.41. The van der Waals surface area contributed by atoms with Crippen molar-refractivity contribution in [3.8, 4) is 5.75 Å². The number of halogens is 1. The quantitative estimate of drug-likeness (QED) is 0.505. The van der Waals surface area contributed by atoms with Crippen LogP contribution < -0.4 is 4.74 Å². The smallest absolute Gasteiger partial charge is 0.119 e. The van der Waals surface area contributed by atoms with Crippen molar-refractivity contribution in [2.45, 2.75) is 37.7 Å². The Kier molecular flexibility index (Phi) is 7.97. The summed E-state index contributed by atoms with van der Waals surface area (Å²) in [6, 6.07) is 16.2. The van der Waals surface area contributed by atoms with Gasteiger partial charge in [0.1, 0.15) is 18.5 Å². The molecule has 2 rings (SSSR count). The maximum absolute atomic E-state index is 5.92. The number of hydrogen-bond donors (Lipinski definition) is 0. The summed E-state index contributed by atoms with van der Waals surface area (Å²) in [4.78, 5) is 1.19. The zero-order valence-corrected chi connectivity index (χ0v) is 16.1. The molecule has 0 spiro atoms. The zero-order valence-electron chi connectivity index (χ0n) is 14.5. The first-order chi connectivity index (χ1) is 11.6. The summed E-state index contributed by atoms with van der Waals surface area (Å²) in [5, 5.41) is 0.758. The average Bonchev–Trinajstić information content (AvgIpc) is 2.59. The van der Waals surface area contributed by atoms with Crippen molar-refractivity contribution in [2.24, 2.45) is 0 Å². The van der Waals surface area contributed by atoms with Gasteiger partial charge in [0.25, 0.3) is 0 Å². The number of hydrogen-bond acceptors (Lipinski definition) is 3. The van der Waals surface area contributed by atoms with Gasteiger partial charge in [0, 0.05) is 22.3 Å². The molecule has 1 atom stereocenters. The minimum atomic E-state index is 0.0560. The SMILES string of the molecule is CCOC(COc1ccc(C(C)C)cc1)CSc1ccc(Cl)cc1. The molecule has 2 aromatic carbocycles. The van der Waals surface area contributed by atoms with Crippen LogP contribution in [-0.2, 0) is 4.74 Å². The lowest BCUT2D eigenvalue weighted by Gasteiger charge is -2.18. The molecule has 0 aromatic heterocycles. The third kappa shape index (κ3) is 6.39. The molecule has 0 saturated heterocycles. The Hall–Kier alpha value is -1.16. The molecule has 0 heterocycles. The first kappa shape index (κ1) is 19.2. The molecule has 24 heavy (non-hydrogen) atoms. The van der Waals surface area contributed by atoms with E-state index in [0.717, 1.165) is 16.5 Å². The van der Waals surface area contributed by atoms with Gasteiger partial charge in [0.2, 0.25) is 0 Å². The van der Waals surface area contributed by atoms with Crippen LogP contribution in [0.2, 0.25) is 5.02 Å². The van der Waals surface area contributed by atoms with Gasteiger partial charge in [0.15, 0.2) is 0 Å². The summed E-state index contributed by atoms with van der Waals surface area (Å²) >= 11 is 7.67. The molecule has 0 N–H and O–H groups in total. The third-order valence-electron chi connectivity index (χ3n) is 3.63. The van der Waals surface area contributed by atoms with E-state index in [4.69, 9.17) is 21.1 Å². The molecule has 0 bridgehead atoms. The maximum atomic E-state index is 5.92. The first-order valence-corrected chi connectivity index (χ1v) is 9.67. The number of rotatable bonds is 9. The summed E-state index contributed by atoms with van der Waals surface area (Å²) in [7, 11) is 0. The van der Waals surface area contributed by atoms with Crippen molar-refractivity contribution < 1.29 is 9.47 Å². The lowest BCUT2D eigenvalue weighted by molar-refractivity contribution is 0.0433. The third-order valence-corrected chi connectivity index (χ3v) is 5.03. The van der Waals surface area contributed by atoms with E-state index >= 15 is 0 Å².